The highest BCUT2D eigenvalue weighted by Crippen LogP contribution is 2.36. The fraction of sp³-hybridized carbons (Fsp3) is 1.00. The molecule has 3 heteroatoms. The summed E-state index contributed by atoms with van der Waals surface area (Å²) in [5, 5.41) is 3.58. The van der Waals surface area contributed by atoms with Crippen molar-refractivity contribution < 1.29 is 4.74 Å². The molecule has 0 aromatic rings. The van der Waals surface area contributed by atoms with Crippen molar-refractivity contribution in [3.8, 4) is 0 Å². The third-order valence-corrected chi connectivity index (χ3v) is 4.96. The molecule has 19 heavy (non-hydrogen) atoms. The summed E-state index contributed by atoms with van der Waals surface area (Å²) < 4.78 is 5.44. The van der Waals surface area contributed by atoms with Crippen LogP contribution >= 0.6 is 0 Å². The second-order valence-electron chi connectivity index (χ2n) is 6.76. The number of nitrogens with one attached hydrogen (secondary N) is 1. The van der Waals surface area contributed by atoms with E-state index in [1.165, 1.54) is 45.2 Å². The number of methoxy groups -OCH3 is 1. The average Bonchev–Trinajstić information content (AvgIpc) is 2.42. The molecule has 112 valence electrons. The zero-order valence-electron chi connectivity index (χ0n) is 13.0. The van der Waals surface area contributed by atoms with Crippen molar-refractivity contribution in [3.05, 3.63) is 0 Å². The second-order valence-corrected chi connectivity index (χ2v) is 6.76. The Morgan fingerprint density at radius 1 is 1.16 bits per heavy atom. The van der Waals surface area contributed by atoms with Crippen molar-refractivity contribution in [1.82, 2.24) is 10.2 Å². The van der Waals surface area contributed by atoms with Crippen LogP contribution in [-0.2, 0) is 4.74 Å². The van der Waals surface area contributed by atoms with Gasteiger partial charge in [-0.05, 0) is 31.2 Å². The van der Waals surface area contributed by atoms with Gasteiger partial charge in [0, 0.05) is 32.3 Å². The van der Waals surface area contributed by atoms with Gasteiger partial charge in [0.2, 0.25) is 0 Å². The van der Waals surface area contributed by atoms with Crippen LogP contribution in [0.2, 0.25) is 0 Å². The zero-order valence-corrected chi connectivity index (χ0v) is 13.0. The van der Waals surface area contributed by atoms with Crippen molar-refractivity contribution >= 4 is 0 Å². The van der Waals surface area contributed by atoms with Crippen LogP contribution in [0, 0.1) is 11.8 Å². The molecular weight excluding hydrogens is 236 g/mol. The number of piperidine rings is 1. The minimum absolute atomic E-state index is 0.551. The van der Waals surface area contributed by atoms with Crippen LogP contribution < -0.4 is 5.32 Å². The van der Waals surface area contributed by atoms with E-state index in [1.807, 2.05) is 7.11 Å². The number of rotatable bonds is 6. The van der Waals surface area contributed by atoms with E-state index in [-0.39, 0.29) is 0 Å². The van der Waals surface area contributed by atoms with Gasteiger partial charge in [0.05, 0.1) is 6.61 Å². The summed E-state index contributed by atoms with van der Waals surface area (Å²) in [7, 11) is 1.83. The third kappa shape index (κ3) is 4.44. The number of nitrogens with zero attached hydrogens (tertiary/aromatic N) is 1. The van der Waals surface area contributed by atoms with E-state index in [9.17, 15) is 0 Å². The number of hydrogen-bond acceptors (Lipinski definition) is 3. The number of hydrogen-bond donors (Lipinski definition) is 1. The summed E-state index contributed by atoms with van der Waals surface area (Å²) in [5.41, 5.74) is 0. The first kappa shape index (κ1) is 15.3. The van der Waals surface area contributed by atoms with Crippen molar-refractivity contribution in [1.29, 1.82) is 0 Å². The molecule has 0 spiro atoms. The van der Waals surface area contributed by atoms with E-state index in [2.05, 4.69) is 24.1 Å². The van der Waals surface area contributed by atoms with Crippen molar-refractivity contribution in [2.24, 2.45) is 11.8 Å². The number of likely N-dealkylation sites (tertiary alicyclic amines) is 1. The first-order valence-corrected chi connectivity index (χ1v) is 8.17. The quantitative estimate of drug-likeness (QED) is 0.801. The van der Waals surface area contributed by atoms with E-state index in [4.69, 9.17) is 4.74 Å². The number of ether oxygens (including phenoxy) is 1. The number of fused-ring (bicyclic) bond motifs is 1. The standard InChI is InChI=1S/C16H32N2O/c1-13(2)17-10-16(12-19-3)18-9-8-14-6-4-5-7-15(14)11-18/h13-17H,4-12H2,1-3H3. The Hall–Kier alpha value is -0.120. The van der Waals surface area contributed by atoms with Crippen LogP contribution in [0.3, 0.4) is 0 Å². The van der Waals surface area contributed by atoms with Crippen LogP contribution in [0.4, 0.5) is 0 Å². The normalized spacial score (nSPS) is 30.3. The molecule has 0 aromatic heterocycles. The lowest BCUT2D eigenvalue weighted by Gasteiger charge is -2.44. The maximum absolute atomic E-state index is 5.44. The predicted octanol–water partition coefficient (Wildman–Crippen LogP) is 2.51. The van der Waals surface area contributed by atoms with Gasteiger partial charge in [-0.1, -0.05) is 33.1 Å². The average molecular weight is 268 g/mol. The molecule has 3 nitrogen and oxygen atoms in total. The monoisotopic (exact) mass is 268 g/mol. The molecule has 1 saturated heterocycles. The molecule has 1 aliphatic carbocycles. The highest BCUT2D eigenvalue weighted by atomic mass is 16.5. The summed E-state index contributed by atoms with van der Waals surface area (Å²) in [6, 6.07) is 1.11. The minimum atomic E-state index is 0.551. The van der Waals surface area contributed by atoms with Gasteiger partial charge in [0.1, 0.15) is 0 Å². The highest BCUT2D eigenvalue weighted by Gasteiger charge is 2.33. The van der Waals surface area contributed by atoms with Crippen LogP contribution in [0.5, 0.6) is 0 Å². The van der Waals surface area contributed by atoms with Gasteiger partial charge in [-0.25, -0.2) is 0 Å². The van der Waals surface area contributed by atoms with Crippen molar-refractivity contribution in [2.75, 3.05) is 33.4 Å². The molecule has 0 radical (unpaired) electrons. The largest absolute Gasteiger partial charge is 0.383 e. The fourth-order valence-corrected chi connectivity index (χ4v) is 3.82. The lowest BCUT2D eigenvalue weighted by molar-refractivity contribution is 0.0239. The zero-order chi connectivity index (χ0) is 13.7. The fourth-order valence-electron chi connectivity index (χ4n) is 3.82. The highest BCUT2D eigenvalue weighted by molar-refractivity contribution is 4.87. The Morgan fingerprint density at radius 3 is 2.58 bits per heavy atom. The summed E-state index contributed by atoms with van der Waals surface area (Å²) in [4.78, 5) is 2.69. The maximum Gasteiger partial charge on any atom is 0.0630 e. The van der Waals surface area contributed by atoms with Gasteiger partial charge in [-0.15, -0.1) is 0 Å². The summed E-state index contributed by atoms with van der Waals surface area (Å²) in [5.74, 6) is 1.98. The van der Waals surface area contributed by atoms with Crippen molar-refractivity contribution in [2.45, 2.75) is 58.0 Å². The SMILES string of the molecule is COCC(CNC(C)C)N1CCC2CCCCC2C1. The smallest absolute Gasteiger partial charge is 0.0630 e. The summed E-state index contributed by atoms with van der Waals surface area (Å²) in [6.45, 7) is 8.93. The molecule has 1 aliphatic heterocycles. The van der Waals surface area contributed by atoms with Gasteiger partial charge >= 0.3 is 0 Å². The van der Waals surface area contributed by atoms with Crippen LogP contribution in [0.25, 0.3) is 0 Å². The molecule has 2 fully saturated rings. The Bertz CT molecular complexity index is 257. The van der Waals surface area contributed by atoms with E-state index in [1.54, 1.807) is 0 Å². The minimum Gasteiger partial charge on any atom is -0.383 e. The predicted molar refractivity (Wildman–Crippen MR) is 80.4 cm³/mol. The summed E-state index contributed by atoms with van der Waals surface area (Å²) in [6.07, 6.45) is 7.27. The molecule has 1 N–H and O–H groups in total. The van der Waals surface area contributed by atoms with Gasteiger partial charge in [0.15, 0.2) is 0 Å². The lowest BCUT2D eigenvalue weighted by atomic mass is 9.75. The third-order valence-electron chi connectivity index (χ3n) is 4.96. The Labute approximate surface area is 119 Å². The molecule has 1 saturated carbocycles. The topological polar surface area (TPSA) is 24.5 Å². The van der Waals surface area contributed by atoms with E-state index < -0.39 is 0 Å². The molecule has 3 atom stereocenters. The van der Waals surface area contributed by atoms with Gasteiger partial charge in [-0.2, -0.15) is 0 Å². The molecule has 2 rings (SSSR count). The summed E-state index contributed by atoms with van der Waals surface area (Å²) >= 11 is 0. The molecule has 0 aromatic carbocycles. The molecule has 3 unspecified atom stereocenters. The van der Waals surface area contributed by atoms with Gasteiger partial charge < -0.3 is 10.1 Å². The molecule has 0 bridgehead atoms. The maximum atomic E-state index is 5.44. The van der Waals surface area contributed by atoms with Crippen molar-refractivity contribution in [3.63, 3.8) is 0 Å². The molecular formula is C16H32N2O. The van der Waals surface area contributed by atoms with E-state index >= 15 is 0 Å². The van der Waals surface area contributed by atoms with Crippen LogP contribution in [0.15, 0.2) is 0 Å². The Balaban J connectivity index is 1.86. The second kappa shape index (κ2) is 7.61. The van der Waals surface area contributed by atoms with E-state index in [0.29, 0.717) is 12.1 Å². The Kier molecular flexibility index (Phi) is 6.11. The van der Waals surface area contributed by atoms with Crippen LogP contribution in [-0.4, -0.2) is 50.3 Å². The molecule has 2 aliphatic rings. The first-order valence-electron chi connectivity index (χ1n) is 8.17. The van der Waals surface area contributed by atoms with Crippen LogP contribution in [0.1, 0.15) is 46.0 Å². The lowest BCUT2D eigenvalue weighted by Crippen LogP contribution is -2.52. The molecule has 0 amide bonds. The van der Waals surface area contributed by atoms with E-state index in [0.717, 1.165) is 25.0 Å². The first-order chi connectivity index (χ1) is 9.20. The van der Waals surface area contributed by atoms with Gasteiger partial charge in [-0.3, -0.25) is 4.90 Å². The van der Waals surface area contributed by atoms with Gasteiger partial charge in [0.25, 0.3) is 0 Å². The molecule has 1 heterocycles. The Morgan fingerprint density at radius 2 is 1.89 bits per heavy atom.